The highest BCUT2D eigenvalue weighted by Crippen LogP contribution is 2.43. The van der Waals surface area contributed by atoms with Crippen LogP contribution >= 0.6 is 10.7 Å². The molecule has 0 radical (unpaired) electrons. The van der Waals surface area contributed by atoms with E-state index in [-0.39, 0.29) is 4.90 Å². The molecule has 1 fully saturated rings. The van der Waals surface area contributed by atoms with E-state index >= 15 is 0 Å². The second kappa shape index (κ2) is 3.00. The van der Waals surface area contributed by atoms with Crippen molar-refractivity contribution in [3.8, 4) is 0 Å². The molecule has 0 unspecified atom stereocenters. The summed E-state index contributed by atoms with van der Waals surface area (Å²) >= 11 is 0. The highest BCUT2D eigenvalue weighted by Gasteiger charge is 2.28. The van der Waals surface area contributed by atoms with E-state index in [0.717, 1.165) is 18.4 Å². The lowest BCUT2D eigenvalue weighted by Gasteiger charge is -2.03. The van der Waals surface area contributed by atoms with Crippen LogP contribution in [0.15, 0.2) is 29.2 Å². The van der Waals surface area contributed by atoms with Crippen molar-refractivity contribution in [3.05, 3.63) is 29.8 Å². The summed E-state index contributed by atoms with van der Waals surface area (Å²) < 4.78 is 22.3. The van der Waals surface area contributed by atoms with Crippen molar-refractivity contribution in [1.82, 2.24) is 0 Å². The van der Waals surface area contributed by atoms with Crippen LogP contribution in [0, 0.1) is 0 Å². The van der Waals surface area contributed by atoms with Crippen LogP contribution < -0.4 is 0 Å². The van der Waals surface area contributed by atoms with Crippen LogP contribution in [0.5, 0.6) is 0 Å². The number of halogens is 1. The second-order valence-corrected chi connectivity index (χ2v) is 5.78. The zero-order valence-electron chi connectivity index (χ0n) is 6.90. The van der Waals surface area contributed by atoms with Gasteiger partial charge in [0.15, 0.2) is 0 Å². The van der Waals surface area contributed by atoms with Crippen LogP contribution in [0.1, 0.15) is 24.3 Å². The fraction of sp³-hybridized carbons (Fsp3) is 0.333. The lowest BCUT2D eigenvalue weighted by atomic mass is 10.1. The van der Waals surface area contributed by atoms with Gasteiger partial charge in [-0.15, -0.1) is 0 Å². The first-order valence-electron chi connectivity index (χ1n) is 4.12. The summed E-state index contributed by atoms with van der Waals surface area (Å²) in [6, 6.07) is 6.95. The summed E-state index contributed by atoms with van der Waals surface area (Å²) in [5.41, 5.74) is 0.873. The van der Waals surface area contributed by atoms with E-state index in [1.54, 1.807) is 12.1 Å². The molecular formula is C9H9ClO2S. The van der Waals surface area contributed by atoms with Gasteiger partial charge in [0.1, 0.15) is 0 Å². The molecule has 1 aliphatic carbocycles. The number of hydrogen-bond acceptors (Lipinski definition) is 2. The maximum atomic E-state index is 11.2. The van der Waals surface area contributed by atoms with Crippen LogP contribution in [0.4, 0.5) is 0 Å². The molecule has 4 heteroatoms. The Balaban J connectivity index is 2.55. The topological polar surface area (TPSA) is 34.1 Å². The third-order valence-corrected chi connectivity index (χ3v) is 3.59. The number of benzene rings is 1. The summed E-state index contributed by atoms with van der Waals surface area (Å²) in [6.07, 6.45) is 2.15. The maximum Gasteiger partial charge on any atom is 0.261 e. The lowest BCUT2D eigenvalue weighted by molar-refractivity contribution is 0.608. The quantitative estimate of drug-likeness (QED) is 0.712. The molecule has 70 valence electrons. The van der Waals surface area contributed by atoms with Crippen molar-refractivity contribution in [3.63, 3.8) is 0 Å². The molecule has 0 spiro atoms. The zero-order chi connectivity index (χ0) is 9.47. The summed E-state index contributed by atoms with van der Waals surface area (Å²) in [5.74, 6) is 0.407. The third kappa shape index (κ3) is 1.86. The van der Waals surface area contributed by atoms with Gasteiger partial charge in [-0.05, 0) is 30.4 Å². The smallest absolute Gasteiger partial charge is 0.207 e. The number of rotatable bonds is 2. The van der Waals surface area contributed by atoms with Gasteiger partial charge < -0.3 is 0 Å². The SMILES string of the molecule is O=S(=O)(Cl)c1ccccc1C1CC1. The van der Waals surface area contributed by atoms with Crippen molar-refractivity contribution in [2.45, 2.75) is 23.7 Å². The first-order valence-corrected chi connectivity index (χ1v) is 6.43. The highest BCUT2D eigenvalue weighted by molar-refractivity contribution is 8.13. The molecule has 1 aromatic rings. The summed E-state index contributed by atoms with van der Waals surface area (Å²) in [5, 5.41) is 0. The predicted molar refractivity (Wildman–Crippen MR) is 51.5 cm³/mol. The molecule has 0 heterocycles. The Bertz CT molecular complexity index is 421. The fourth-order valence-electron chi connectivity index (χ4n) is 1.43. The van der Waals surface area contributed by atoms with E-state index in [4.69, 9.17) is 10.7 Å². The molecule has 13 heavy (non-hydrogen) atoms. The van der Waals surface area contributed by atoms with E-state index in [1.807, 2.05) is 12.1 Å². The van der Waals surface area contributed by atoms with Crippen molar-refractivity contribution in [2.75, 3.05) is 0 Å². The Hall–Kier alpha value is -0.540. The van der Waals surface area contributed by atoms with E-state index in [9.17, 15) is 8.42 Å². The van der Waals surface area contributed by atoms with Crippen LogP contribution in [-0.2, 0) is 9.05 Å². The van der Waals surface area contributed by atoms with Gasteiger partial charge in [0.05, 0.1) is 4.90 Å². The molecule has 1 aromatic carbocycles. The molecule has 0 saturated heterocycles. The predicted octanol–water partition coefficient (Wildman–Crippen LogP) is 2.49. The highest BCUT2D eigenvalue weighted by atomic mass is 35.7. The van der Waals surface area contributed by atoms with Gasteiger partial charge >= 0.3 is 0 Å². The molecule has 2 nitrogen and oxygen atoms in total. The van der Waals surface area contributed by atoms with Gasteiger partial charge in [0, 0.05) is 10.7 Å². The molecule has 0 N–H and O–H groups in total. The van der Waals surface area contributed by atoms with Crippen molar-refractivity contribution in [1.29, 1.82) is 0 Å². The van der Waals surface area contributed by atoms with Gasteiger partial charge in [-0.3, -0.25) is 0 Å². The van der Waals surface area contributed by atoms with Crippen molar-refractivity contribution >= 4 is 19.7 Å². The summed E-state index contributed by atoms with van der Waals surface area (Å²) in [6.45, 7) is 0. The Morgan fingerprint density at radius 2 is 1.85 bits per heavy atom. The minimum absolute atomic E-state index is 0.277. The maximum absolute atomic E-state index is 11.2. The van der Waals surface area contributed by atoms with E-state index in [1.165, 1.54) is 0 Å². The van der Waals surface area contributed by atoms with E-state index < -0.39 is 9.05 Å². The van der Waals surface area contributed by atoms with Gasteiger partial charge in [-0.25, -0.2) is 8.42 Å². The fourth-order valence-corrected chi connectivity index (χ4v) is 2.61. The molecule has 2 rings (SSSR count). The Morgan fingerprint density at radius 3 is 2.38 bits per heavy atom. The summed E-state index contributed by atoms with van der Waals surface area (Å²) in [4.78, 5) is 0.277. The average molecular weight is 217 g/mol. The molecule has 1 saturated carbocycles. The Morgan fingerprint density at radius 1 is 1.23 bits per heavy atom. The first kappa shape index (κ1) is 9.03. The molecule has 0 aromatic heterocycles. The standard InChI is InChI=1S/C9H9ClO2S/c10-13(11,12)9-4-2-1-3-8(9)7-5-6-7/h1-4,7H,5-6H2. The van der Waals surface area contributed by atoms with Crippen molar-refractivity contribution < 1.29 is 8.42 Å². The molecule has 0 atom stereocenters. The molecule has 1 aliphatic rings. The largest absolute Gasteiger partial charge is 0.261 e. The molecular weight excluding hydrogens is 208 g/mol. The zero-order valence-corrected chi connectivity index (χ0v) is 8.48. The first-order chi connectivity index (χ1) is 6.09. The van der Waals surface area contributed by atoms with Gasteiger partial charge in [-0.1, -0.05) is 18.2 Å². The van der Waals surface area contributed by atoms with E-state index in [0.29, 0.717) is 5.92 Å². The van der Waals surface area contributed by atoms with Crippen LogP contribution in [0.25, 0.3) is 0 Å². The Labute approximate surface area is 82.0 Å². The Kier molecular flexibility index (Phi) is 2.08. The third-order valence-electron chi connectivity index (χ3n) is 2.20. The minimum atomic E-state index is -3.57. The number of hydrogen-bond donors (Lipinski definition) is 0. The van der Waals surface area contributed by atoms with Crippen molar-refractivity contribution in [2.24, 2.45) is 0 Å². The van der Waals surface area contributed by atoms with Gasteiger partial charge in [0.25, 0.3) is 9.05 Å². The molecule has 0 aliphatic heterocycles. The molecule has 0 amide bonds. The van der Waals surface area contributed by atoms with E-state index in [2.05, 4.69) is 0 Å². The second-order valence-electron chi connectivity index (χ2n) is 3.25. The van der Waals surface area contributed by atoms with Crippen LogP contribution in [-0.4, -0.2) is 8.42 Å². The molecule has 0 bridgehead atoms. The minimum Gasteiger partial charge on any atom is -0.207 e. The van der Waals surface area contributed by atoms with Gasteiger partial charge in [-0.2, -0.15) is 0 Å². The summed E-state index contributed by atoms with van der Waals surface area (Å²) in [7, 11) is 1.74. The van der Waals surface area contributed by atoms with Gasteiger partial charge in [0.2, 0.25) is 0 Å². The van der Waals surface area contributed by atoms with Crippen LogP contribution in [0.3, 0.4) is 0 Å². The average Bonchev–Trinajstić information content (AvgIpc) is 2.85. The monoisotopic (exact) mass is 216 g/mol. The normalized spacial score (nSPS) is 17.3. The lowest BCUT2D eigenvalue weighted by Crippen LogP contribution is -1.95. The van der Waals surface area contributed by atoms with Crippen LogP contribution in [0.2, 0.25) is 0 Å².